The molecule has 8 nitrogen and oxygen atoms in total. The van der Waals surface area contributed by atoms with E-state index in [9.17, 15) is 18.0 Å². The molecule has 1 aromatic carbocycles. The topological polar surface area (TPSA) is 122 Å². The maximum Gasteiger partial charge on any atom is 0.321 e. The number of anilines is 1. The van der Waals surface area contributed by atoms with Gasteiger partial charge in [0, 0.05) is 12.6 Å². The molecule has 3 N–H and O–H groups in total. The Labute approximate surface area is 122 Å². The molecule has 1 aromatic rings. The van der Waals surface area contributed by atoms with Crippen LogP contribution in [0.4, 0.5) is 5.69 Å². The standard InChI is InChI=1S/C12H16N2O6S/c1-7(12(16)17)14-21(18,19)11-6-9(13-8(2)15)4-5-10(11)20-3/h4-7,14H,1-3H3,(H,13,15)(H,16,17). The number of carboxylic acid groups (broad SMARTS) is 1. The molecule has 1 rings (SSSR count). The van der Waals surface area contributed by atoms with Gasteiger partial charge < -0.3 is 15.2 Å². The average Bonchev–Trinajstić information content (AvgIpc) is 2.37. The Bertz CT molecular complexity index is 656. The fourth-order valence-electron chi connectivity index (χ4n) is 1.51. The van der Waals surface area contributed by atoms with E-state index in [4.69, 9.17) is 9.84 Å². The molecule has 1 unspecified atom stereocenters. The van der Waals surface area contributed by atoms with E-state index in [1.165, 1.54) is 39.2 Å². The number of carboxylic acids is 1. The van der Waals surface area contributed by atoms with Crippen molar-refractivity contribution >= 4 is 27.6 Å². The molecule has 0 aromatic heterocycles. The summed E-state index contributed by atoms with van der Waals surface area (Å²) in [4.78, 5) is 21.5. The second kappa shape index (κ2) is 6.55. The normalized spacial score (nSPS) is 12.5. The van der Waals surface area contributed by atoms with Crippen LogP contribution in [0, 0.1) is 0 Å². The van der Waals surface area contributed by atoms with Gasteiger partial charge in [-0.3, -0.25) is 9.59 Å². The van der Waals surface area contributed by atoms with Gasteiger partial charge in [-0.15, -0.1) is 0 Å². The third kappa shape index (κ3) is 4.43. The summed E-state index contributed by atoms with van der Waals surface area (Å²) in [5.41, 5.74) is 0.256. The zero-order valence-electron chi connectivity index (χ0n) is 11.7. The number of carbonyl (C=O) groups excluding carboxylic acids is 1. The highest BCUT2D eigenvalue weighted by molar-refractivity contribution is 7.89. The first kappa shape index (κ1) is 16.9. The number of carbonyl (C=O) groups is 2. The van der Waals surface area contributed by atoms with Gasteiger partial charge in [-0.25, -0.2) is 8.42 Å². The summed E-state index contributed by atoms with van der Waals surface area (Å²) in [6.45, 7) is 2.48. The van der Waals surface area contributed by atoms with Gasteiger partial charge >= 0.3 is 5.97 Å². The zero-order chi connectivity index (χ0) is 16.2. The van der Waals surface area contributed by atoms with Crippen LogP contribution in [0.25, 0.3) is 0 Å². The second-order valence-electron chi connectivity index (χ2n) is 4.23. The minimum atomic E-state index is -4.11. The molecule has 0 heterocycles. The summed E-state index contributed by atoms with van der Waals surface area (Å²) in [5, 5.41) is 11.2. The van der Waals surface area contributed by atoms with E-state index >= 15 is 0 Å². The fourth-order valence-corrected chi connectivity index (χ4v) is 2.91. The summed E-state index contributed by atoms with van der Waals surface area (Å²) in [5.74, 6) is -1.64. The first-order chi connectivity index (χ1) is 9.67. The summed E-state index contributed by atoms with van der Waals surface area (Å²) >= 11 is 0. The number of rotatable bonds is 6. The highest BCUT2D eigenvalue weighted by Gasteiger charge is 2.25. The van der Waals surface area contributed by atoms with Crippen molar-refractivity contribution in [2.45, 2.75) is 24.8 Å². The van der Waals surface area contributed by atoms with Crippen LogP contribution in [0.5, 0.6) is 5.75 Å². The number of hydrogen-bond acceptors (Lipinski definition) is 5. The van der Waals surface area contributed by atoms with Crippen molar-refractivity contribution in [3.8, 4) is 5.75 Å². The Hall–Kier alpha value is -2.13. The predicted molar refractivity (Wildman–Crippen MR) is 74.7 cm³/mol. The number of ether oxygens (including phenoxy) is 1. The van der Waals surface area contributed by atoms with E-state index in [1.807, 2.05) is 4.72 Å². The summed E-state index contributed by atoms with van der Waals surface area (Å²) in [6.07, 6.45) is 0. The van der Waals surface area contributed by atoms with Crippen LogP contribution in [-0.4, -0.2) is 38.6 Å². The van der Waals surface area contributed by atoms with E-state index in [1.54, 1.807) is 0 Å². The molecule has 0 fully saturated rings. The largest absolute Gasteiger partial charge is 0.495 e. The minimum absolute atomic E-state index is 0.0363. The van der Waals surface area contributed by atoms with E-state index in [0.717, 1.165) is 0 Å². The van der Waals surface area contributed by atoms with Crippen LogP contribution < -0.4 is 14.8 Å². The lowest BCUT2D eigenvalue weighted by molar-refractivity contribution is -0.138. The number of benzene rings is 1. The Morgan fingerprint density at radius 1 is 1.33 bits per heavy atom. The molecule has 0 aliphatic heterocycles. The maximum absolute atomic E-state index is 12.2. The van der Waals surface area contributed by atoms with E-state index in [0.29, 0.717) is 0 Å². The van der Waals surface area contributed by atoms with Crippen molar-refractivity contribution in [1.29, 1.82) is 0 Å². The molecular formula is C12H16N2O6S. The van der Waals surface area contributed by atoms with Gasteiger partial charge in [0.25, 0.3) is 0 Å². The molecule has 1 atom stereocenters. The van der Waals surface area contributed by atoms with Gasteiger partial charge in [0.1, 0.15) is 16.7 Å². The molecule has 0 bridgehead atoms. The molecule has 0 aliphatic carbocycles. The Balaban J connectivity index is 3.25. The molecule has 116 valence electrons. The van der Waals surface area contributed by atoms with Gasteiger partial charge in [-0.05, 0) is 25.1 Å². The molecule has 0 saturated carbocycles. The van der Waals surface area contributed by atoms with Crippen molar-refractivity contribution in [3.63, 3.8) is 0 Å². The van der Waals surface area contributed by atoms with Crippen LogP contribution in [0.15, 0.2) is 23.1 Å². The number of sulfonamides is 1. The first-order valence-corrected chi connectivity index (χ1v) is 7.36. The molecular weight excluding hydrogens is 300 g/mol. The quantitative estimate of drug-likeness (QED) is 0.698. The lowest BCUT2D eigenvalue weighted by atomic mass is 10.3. The fraction of sp³-hybridized carbons (Fsp3) is 0.333. The Morgan fingerprint density at radius 2 is 1.95 bits per heavy atom. The van der Waals surface area contributed by atoms with Crippen LogP contribution in [0.2, 0.25) is 0 Å². The molecule has 21 heavy (non-hydrogen) atoms. The monoisotopic (exact) mass is 316 g/mol. The third-order valence-corrected chi connectivity index (χ3v) is 4.04. The van der Waals surface area contributed by atoms with Gasteiger partial charge in [0.2, 0.25) is 15.9 Å². The number of methoxy groups -OCH3 is 1. The van der Waals surface area contributed by atoms with E-state index in [2.05, 4.69) is 5.32 Å². The predicted octanol–water partition coefficient (Wildman–Crippen LogP) is 0.405. The van der Waals surface area contributed by atoms with Crippen molar-refractivity contribution in [1.82, 2.24) is 4.72 Å². The molecule has 0 saturated heterocycles. The third-order valence-electron chi connectivity index (χ3n) is 2.48. The van der Waals surface area contributed by atoms with Gasteiger partial charge in [0.05, 0.1) is 7.11 Å². The highest BCUT2D eigenvalue weighted by atomic mass is 32.2. The lowest BCUT2D eigenvalue weighted by Crippen LogP contribution is -2.38. The summed E-state index contributed by atoms with van der Waals surface area (Å²) in [7, 11) is -2.83. The van der Waals surface area contributed by atoms with Crippen LogP contribution in [0.1, 0.15) is 13.8 Å². The molecule has 9 heteroatoms. The van der Waals surface area contributed by atoms with Crippen molar-refractivity contribution < 1.29 is 27.9 Å². The second-order valence-corrected chi connectivity index (χ2v) is 5.91. The SMILES string of the molecule is COc1ccc(NC(C)=O)cc1S(=O)(=O)NC(C)C(=O)O. The first-order valence-electron chi connectivity index (χ1n) is 5.88. The molecule has 0 radical (unpaired) electrons. The van der Waals surface area contributed by atoms with E-state index < -0.39 is 22.0 Å². The molecule has 1 amide bonds. The average molecular weight is 316 g/mol. The van der Waals surface area contributed by atoms with Crippen molar-refractivity contribution in [2.24, 2.45) is 0 Å². The van der Waals surface area contributed by atoms with Gasteiger partial charge in [0.15, 0.2) is 0 Å². The Morgan fingerprint density at radius 3 is 2.43 bits per heavy atom. The summed E-state index contributed by atoms with van der Waals surface area (Å²) < 4.78 is 31.4. The zero-order valence-corrected chi connectivity index (χ0v) is 12.5. The van der Waals surface area contributed by atoms with Crippen LogP contribution in [0.3, 0.4) is 0 Å². The summed E-state index contributed by atoms with van der Waals surface area (Å²) in [6, 6.07) is 2.73. The van der Waals surface area contributed by atoms with Crippen LogP contribution in [-0.2, 0) is 19.6 Å². The Kier molecular flexibility index (Phi) is 5.28. The maximum atomic E-state index is 12.2. The molecule has 0 spiro atoms. The highest BCUT2D eigenvalue weighted by Crippen LogP contribution is 2.27. The van der Waals surface area contributed by atoms with Gasteiger partial charge in [-0.1, -0.05) is 0 Å². The number of amides is 1. The minimum Gasteiger partial charge on any atom is -0.495 e. The number of aliphatic carboxylic acids is 1. The van der Waals surface area contributed by atoms with Crippen molar-refractivity contribution in [2.75, 3.05) is 12.4 Å². The van der Waals surface area contributed by atoms with Crippen molar-refractivity contribution in [3.05, 3.63) is 18.2 Å². The lowest BCUT2D eigenvalue weighted by Gasteiger charge is -2.14. The van der Waals surface area contributed by atoms with E-state index in [-0.39, 0.29) is 22.2 Å². The number of hydrogen-bond donors (Lipinski definition) is 3. The van der Waals surface area contributed by atoms with Gasteiger partial charge in [-0.2, -0.15) is 4.72 Å². The molecule has 0 aliphatic rings. The number of nitrogens with one attached hydrogen (secondary N) is 2. The smallest absolute Gasteiger partial charge is 0.321 e. The van der Waals surface area contributed by atoms with Crippen LogP contribution >= 0.6 is 0 Å².